The van der Waals surface area contributed by atoms with Crippen molar-refractivity contribution in [3.63, 3.8) is 0 Å². The topological polar surface area (TPSA) is 148 Å². The number of hydrogen-bond donors (Lipinski definition) is 3. The van der Waals surface area contributed by atoms with Crippen molar-refractivity contribution in [2.24, 2.45) is 0 Å². The molecular formula is C21H18N6O5S. The second kappa shape index (κ2) is 9.44. The van der Waals surface area contributed by atoms with Gasteiger partial charge in [-0.2, -0.15) is 5.10 Å². The Balaban J connectivity index is 1.38. The first-order valence-corrected chi connectivity index (χ1v) is 10.7. The van der Waals surface area contributed by atoms with Gasteiger partial charge in [-0.05, 0) is 25.1 Å². The van der Waals surface area contributed by atoms with Crippen molar-refractivity contribution in [2.45, 2.75) is 19.9 Å². The average Bonchev–Trinajstić information content (AvgIpc) is 3.50. The SMILES string of the molecule is CCn1nc(C(=O)NNC(=O)Cc2csc(NC(=O)c3ccco3)n2)c2ccccc2c1=O. The lowest BCUT2D eigenvalue weighted by Gasteiger charge is -2.10. The highest BCUT2D eigenvalue weighted by Gasteiger charge is 2.17. The lowest BCUT2D eigenvalue weighted by molar-refractivity contribution is -0.121. The van der Waals surface area contributed by atoms with Gasteiger partial charge in [0.25, 0.3) is 17.4 Å². The fourth-order valence-electron chi connectivity index (χ4n) is 3.02. The summed E-state index contributed by atoms with van der Waals surface area (Å²) in [6.45, 7) is 2.03. The molecule has 33 heavy (non-hydrogen) atoms. The molecule has 0 aliphatic heterocycles. The normalized spacial score (nSPS) is 10.7. The van der Waals surface area contributed by atoms with Crippen molar-refractivity contribution >= 4 is 45.0 Å². The van der Waals surface area contributed by atoms with Crippen LogP contribution in [0.4, 0.5) is 5.13 Å². The van der Waals surface area contributed by atoms with Crippen LogP contribution in [-0.2, 0) is 17.8 Å². The molecule has 0 aliphatic rings. The van der Waals surface area contributed by atoms with Gasteiger partial charge in [-0.15, -0.1) is 11.3 Å². The molecule has 11 nitrogen and oxygen atoms in total. The summed E-state index contributed by atoms with van der Waals surface area (Å²) in [4.78, 5) is 53.5. The smallest absolute Gasteiger partial charge is 0.293 e. The Morgan fingerprint density at radius 2 is 1.85 bits per heavy atom. The fraction of sp³-hybridized carbons (Fsp3) is 0.143. The molecule has 4 aromatic rings. The molecule has 3 aromatic heterocycles. The van der Waals surface area contributed by atoms with Crippen LogP contribution in [0.2, 0.25) is 0 Å². The third kappa shape index (κ3) is 4.80. The first-order valence-electron chi connectivity index (χ1n) is 9.84. The van der Waals surface area contributed by atoms with Crippen LogP contribution in [0.15, 0.2) is 57.3 Å². The van der Waals surface area contributed by atoms with E-state index in [4.69, 9.17) is 4.42 Å². The van der Waals surface area contributed by atoms with E-state index in [2.05, 4.69) is 26.3 Å². The summed E-state index contributed by atoms with van der Waals surface area (Å²) in [5, 5.41) is 9.36. The highest BCUT2D eigenvalue weighted by atomic mass is 32.1. The number of carbonyl (C=O) groups is 3. The molecule has 0 atom stereocenters. The summed E-state index contributed by atoms with van der Waals surface area (Å²) in [6.07, 6.45) is 1.26. The molecule has 168 valence electrons. The number of benzene rings is 1. The Labute approximate surface area is 190 Å². The van der Waals surface area contributed by atoms with Gasteiger partial charge < -0.3 is 4.42 Å². The van der Waals surface area contributed by atoms with Gasteiger partial charge in [0.05, 0.1) is 23.8 Å². The first kappa shape index (κ1) is 21.9. The van der Waals surface area contributed by atoms with Crippen molar-refractivity contribution in [1.29, 1.82) is 0 Å². The van der Waals surface area contributed by atoms with E-state index in [0.29, 0.717) is 28.1 Å². The lowest BCUT2D eigenvalue weighted by Crippen LogP contribution is -2.43. The molecule has 3 N–H and O–H groups in total. The number of hydrazine groups is 1. The predicted molar refractivity (Wildman–Crippen MR) is 120 cm³/mol. The molecule has 0 radical (unpaired) electrons. The van der Waals surface area contributed by atoms with Crippen LogP contribution in [0, 0.1) is 0 Å². The highest BCUT2D eigenvalue weighted by molar-refractivity contribution is 7.14. The van der Waals surface area contributed by atoms with E-state index in [1.165, 1.54) is 17.0 Å². The van der Waals surface area contributed by atoms with Crippen molar-refractivity contribution in [3.8, 4) is 0 Å². The number of carbonyl (C=O) groups excluding carboxylic acids is 3. The highest BCUT2D eigenvalue weighted by Crippen LogP contribution is 2.17. The summed E-state index contributed by atoms with van der Waals surface area (Å²) in [7, 11) is 0. The van der Waals surface area contributed by atoms with Gasteiger partial charge in [-0.3, -0.25) is 35.3 Å². The first-order chi connectivity index (χ1) is 16.0. The number of rotatable bonds is 6. The number of aromatic nitrogens is 3. The third-order valence-electron chi connectivity index (χ3n) is 4.56. The lowest BCUT2D eigenvalue weighted by atomic mass is 10.1. The predicted octanol–water partition coefficient (Wildman–Crippen LogP) is 1.72. The van der Waals surface area contributed by atoms with Gasteiger partial charge in [-0.25, -0.2) is 9.67 Å². The second-order valence-corrected chi connectivity index (χ2v) is 7.63. The summed E-state index contributed by atoms with van der Waals surface area (Å²) in [5.74, 6) is -1.49. The van der Waals surface area contributed by atoms with Gasteiger partial charge in [-0.1, -0.05) is 18.2 Å². The number of nitrogens with one attached hydrogen (secondary N) is 3. The number of thiazole rings is 1. The van der Waals surface area contributed by atoms with Crippen LogP contribution in [0.3, 0.4) is 0 Å². The molecule has 0 aliphatic carbocycles. The zero-order valence-electron chi connectivity index (χ0n) is 17.3. The molecule has 12 heteroatoms. The zero-order valence-corrected chi connectivity index (χ0v) is 18.1. The minimum absolute atomic E-state index is 0.0175. The van der Waals surface area contributed by atoms with E-state index < -0.39 is 17.7 Å². The Bertz CT molecular complexity index is 1390. The summed E-state index contributed by atoms with van der Waals surface area (Å²) in [5.41, 5.74) is 4.76. The summed E-state index contributed by atoms with van der Waals surface area (Å²) in [6, 6.07) is 9.74. The van der Waals surface area contributed by atoms with E-state index in [1.54, 1.807) is 42.6 Å². The zero-order chi connectivity index (χ0) is 23.4. The van der Waals surface area contributed by atoms with E-state index in [9.17, 15) is 19.2 Å². The Morgan fingerprint density at radius 3 is 2.58 bits per heavy atom. The maximum absolute atomic E-state index is 12.7. The van der Waals surface area contributed by atoms with E-state index in [-0.39, 0.29) is 23.4 Å². The van der Waals surface area contributed by atoms with Crippen molar-refractivity contribution in [2.75, 3.05) is 5.32 Å². The van der Waals surface area contributed by atoms with Crippen LogP contribution in [-0.4, -0.2) is 32.5 Å². The Hall–Kier alpha value is -4.32. The molecule has 0 unspecified atom stereocenters. The van der Waals surface area contributed by atoms with E-state index in [0.717, 1.165) is 11.3 Å². The number of nitrogens with zero attached hydrogens (tertiary/aromatic N) is 3. The van der Waals surface area contributed by atoms with Gasteiger partial charge in [0.15, 0.2) is 16.6 Å². The van der Waals surface area contributed by atoms with Crippen molar-refractivity contribution < 1.29 is 18.8 Å². The van der Waals surface area contributed by atoms with Crippen LogP contribution in [0.1, 0.15) is 33.7 Å². The fourth-order valence-corrected chi connectivity index (χ4v) is 3.73. The van der Waals surface area contributed by atoms with Gasteiger partial charge in [0, 0.05) is 17.3 Å². The van der Waals surface area contributed by atoms with E-state index in [1.807, 2.05) is 0 Å². The maximum Gasteiger partial charge on any atom is 0.293 e. The Morgan fingerprint density at radius 1 is 1.06 bits per heavy atom. The molecule has 3 heterocycles. The number of fused-ring (bicyclic) bond motifs is 1. The molecule has 0 spiro atoms. The number of aryl methyl sites for hydroxylation is 1. The van der Waals surface area contributed by atoms with E-state index >= 15 is 0 Å². The molecule has 0 bridgehead atoms. The molecule has 0 saturated heterocycles. The molecule has 0 saturated carbocycles. The van der Waals surface area contributed by atoms with Crippen LogP contribution in [0.5, 0.6) is 0 Å². The molecule has 1 aromatic carbocycles. The Kier molecular flexibility index (Phi) is 6.26. The summed E-state index contributed by atoms with van der Waals surface area (Å²) >= 11 is 1.15. The van der Waals surface area contributed by atoms with Gasteiger partial charge >= 0.3 is 0 Å². The molecule has 4 rings (SSSR count). The van der Waals surface area contributed by atoms with Gasteiger partial charge in [0.2, 0.25) is 5.91 Å². The molecule has 3 amide bonds. The standard InChI is InChI=1S/C21H18N6O5S/c1-2-27-20(31)14-7-4-3-6-13(14)17(26-27)19(30)25-24-16(28)10-12-11-33-21(22-12)23-18(29)15-8-5-9-32-15/h3-9,11H,2,10H2,1H3,(H,24,28)(H,25,30)(H,22,23,29). The van der Waals surface area contributed by atoms with Gasteiger partial charge in [0.1, 0.15) is 0 Å². The molecule has 0 fully saturated rings. The monoisotopic (exact) mass is 466 g/mol. The van der Waals surface area contributed by atoms with Crippen LogP contribution < -0.4 is 21.7 Å². The summed E-state index contributed by atoms with van der Waals surface area (Å²) < 4.78 is 6.20. The largest absolute Gasteiger partial charge is 0.459 e. The average molecular weight is 466 g/mol. The second-order valence-electron chi connectivity index (χ2n) is 6.77. The molecular weight excluding hydrogens is 448 g/mol. The van der Waals surface area contributed by atoms with Crippen molar-refractivity contribution in [3.05, 3.63) is 75.5 Å². The quantitative estimate of drug-likeness (QED) is 0.366. The van der Waals surface area contributed by atoms with Crippen molar-refractivity contribution in [1.82, 2.24) is 25.6 Å². The van der Waals surface area contributed by atoms with Crippen LogP contribution in [0.25, 0.3) is 10.8 Å². The van der Waals surface area contributed by atoms with Crippen LogP contribution >= 0.6 is 11.3 Å². The number of amides is 3. The number of furan rings is 1. The number of anilines is 1. The maximum atomic E-state index is 12.7. The number of hydrogen-bond acceptors (Lipinski definition) is 8. The minimum Gasteiger partial charge on any atom is -0.459 e. The minimum atomic E-state index is -0.661. The third-order valence-corrected chi connectivity index (χ3v) is 5.36.